The number of imidazole rings is 2. The third kappa shape index (κ3) is 8.35. The van der Waals surface area contributed by atoms with Crippen LogP contribution in [-0.4, -0.2) is 100 Å². The predicted octanol–water partition coefficient (Wildman–Crippen LogP) is 7.74. The van der Waals surface area contributed by atoms with Gasteiger partial charge < -0.3 is 49.0 Å². The quantitative estimate of drug-likeness (QED) is 0.0403. The molecule has 67 heavy (non-hydrogen) atoms. The molecule has 4 aromatic carbocycles. The molecule has 0 bridgehead atoms. The zero-order valence-electron chi connectivity index (χ0n) is 37.9. The molecule has 6 atom stereocenters. The minimum Gasteiger partial charge on any atom is -0.453 e. The number of rotatable bonds is 12. The summed E-state index contributed by atoms with van der Waals surface area (Å²) in [6.07, 6.45) is 2.87. The van der Waals surface area contributed by atoms with E-state index in [-0.39, 0.29) is 23.8 Å². The van der Waals surface area contributed by atoms with E-state index in [2.05, 4.69) is 27.2 Å². The molecule has 0 spiro atoms. The maximum absolute atomic E-state index is 14.3. The first-order valence-corrected chi connectivity index (χ1v) is 22.3. The molecule has 17 nitrogen and oxygen atoms in total. The number of nitrogens with zero attached hydrogens (tertiary/aromatic N) is 4. The number of likely N-dealkylation sites (tertiary alicyclic amines) is 2. The maximum atomic E-state index is 14.3. The minimum absolute atomic E-state index is 0.0162. The Balaban J connectivity index is 1.02. The van der Waals surface area contributed by atoms with Crippen LogP contribution in [0.4, 0.5) is 9.59 Å². The molecule has 7 aromatic rings. The molecule has 4 N–H and O–H groups in total. The van der Waals surface area contributed by atoms with E-state index in [1.807, 2.05) is 49.4 Å². The van der Waals surface area contributed by atoms with Gasteiger partial charge in [-0.25, -0.2) is 24.4 Å². The van der Waals surface area contributed by atoms with Crippen molar-refractivity contribution < 1.29 is 37.8 Å². The van der Waals surface area contributed by atoms with Gasteiger partial charge in [0.1, 0.15) is 29.3 Å². The molecule has 5 heterocycles. The molecule has 4 amide bonds. The van der Waals surface area contributed by atoms with Gasteiger partial charge in [0.05, 0.1) is 67.3 Å². The summed E-state index contributed by atoms with van der Waals surface area (Å²) in [7, 11) is 4.13. The number of ether oxygens (including phenoxy) is 3. The lowest BCUT2D eigenvalue weighted by Gasteiger charge is -2.32. The topological polar surface area (TPSA) is 214 Å². The molecule has 3 aromatic heterocycles. The number of nitrogens with one attached hydrogen (secondary N) is 4. The summed E-state index contributed by atoms with van der Waals surface area (Å²) < 4.78 is 21.2. The Morgan fingerprint density at radius 1 is 0.866 bits per heavy atom. The largest absolute Gasteiger partial charge is 0.453 e. The average Bonchev–Trinajstić information content (AvgIpc) is 4.18. The van der Waals surface area contributed by atoms with Gasteiger partial charge in [-0.2, -0.15) is 0 Å². The normalized spacial score (nSPS) is 19.2. The molecule has 1 unspecified atom stereocenters. The summed E-state index contributed by atoms with van der Waals surface area (Å²) in [5.41, 5.74) is 4.17. The van der Waals surface area contributed by atoms with Crippen molar-refractivity contribution in [2.24, 2.45) is 5.92 Å². The van der Waals surface area contributed by atoms with Gasteiger partial charge in [-0.3, -0.25) is 9.59 Å². The number of amides is 4. The number of benzene rings is 4. The number of hydrogen-bond acceptors (Lipinski definition) is 11. The zero-order chi connectivity index (χ0) is 47.1. The first-order chi connectivity index (χ1) is 32.4. The Kier molecular flexibility index (Phi) is 12.3. The molecule has 2 saturated heterocycles. The van der Waals surface area contributed by atoms with E-state index in [1.165, 1.54) is 14.2 Å². The Bertz CT molecular complexity index is 3120. The molecule has 9 rings (SSSR count). The number of alkyl carbamates (subject to hydrolysis) is 2. The highest BCUT2D eigenvalue weighted by Gasteiger charge is 2.43. The standard InChI is InChI=1S/C50H52N8O9/c1-7-26(2)38-17-18-39(58(38)46(59)27(3)52-49(62)65-5)45-53-36-16-14-30-20-34-32-15-13-31(21-35(32)48(61)67-41(34)22-33(30)43(36)55-45)37-23-51-44(54-37)40-19-28(25-64-4)24-57(40)47(60)42(56-50(63)66-6)29-11-9-8-10-12-29/h8-16,20-23,27-28,38-40,42H,2,7,17-19,24-25H2,1,3-6H3,(H,51,54)(H,52,62)(H,53,55)(H,56,63)/t27-,28-,38+,39-,40?,42+/m0/s1. The molecular weight excluding hydrogens is 857 g/mol. The molecular formula is C50H52N8O9. The van der Waals surface area contributed by atoms with Gasteiger partial charge in [-0.15, -0.1) is 0 Å². The van der Waals surface area contributed by atoms with Crippen LogP contribution in [0.1, 0.15) is 74.9 Å². The van der Waals surface area contributed by atoms with Gasteiger partial charge in [-0.05, 0) is 73.2 Å². The van der Waals surface area contributed by atoms with Crippen LogP contribution in [0.5, 0.6) is 0 Å². The lowest BCUT2D eigenvalue weighted by molar-refractivity contribution is -0.136. The number of hydrogen-bond donors (Lipinski definition) is 4. The third-order valence-electron chi connectivity index (χ3n) is 13.2. The van der Waals surface area contributed by atoms with Gasteiger partial charge in [-0.1, -0.05) is 67.6 Å². The van der Waals surface area contributed by atoms with Crippen molar-refractivity contribution in [1.29, 1.82) is 0 Å². The predicted molar refractivity (Wildman–Crippen MR) is 251 cm³/mol. The SMILES string of the molecule is C=C(CC)[C@H]1CC[C@@H](c2nc3c(ccc4cc5c(cc43)oc(=O)c3cc(-c4cnc(C6C[C@H](COC)CN6C(=O)[C@H](NC(=O)OC)c6ccccc6)[nH]4)ccc35)[nH]2)N1C(=O)[C@H](C)NC(=O)OC. The van der Waals surface area contributed by atoms with Crippen molar-refractivity contribution in [1.82, 2.24) is 40.4 Å². The first kappa shape index (κ1) is 44.7. The lowest BCUT2D eigenvalue weighted by atomic mass is 10.0. The fourth-order valence-electron chi connectivity index (χ4n) is 9.82. The second-order valence-corrected chi connectivity index (χ2v) is 17.3. The number of carbonyl (C=O) groups excluding carboxylic acids is 4. The van der Waals surface area contributed by atoms with Gasteiger partial charge in [0, 0.05) is 35.9 Å². The van der Waals surface area contributed by atoms with Gasteiger partial charge >= 0.3 is 17.8 Å². The lowest BCUT2D eigenvalue weighted by Crippen LogP contribution is -2.49. The van der Waals surface area contributed by atoms with Crippen molar-refractivity contribution in [3.8, 4) is 11.3 Å². The summed E-state index contributed by atoms with van der Waals surface area (Å²) in [6.45, 7) is 8.72. The fraction of sp³-hybridized carbons (Fsp3) is 0.340. The second kappa shape index (κ2) is 18.4. The number of aromatic amines is 2. The summed E-state index contributed by atoms with van der Waals surface area (Å²) >= 11 is 0. The molecule has 2 fully saturated rings. The summed E-state index contributed by atoms with van der Waals surface area (Å²) in [6, 6.07) is 19.5. The van der Waals surface area contributed by atoms with Crippen LogP contribution in [0.15, 0.2) is 100 Å². The van der Waals surface area contributed by atoms with Crippen molar-refractivity contribution in [3.63, 3.8) is 0 Å². The molecule has 17 heteroatoms. The van der Waals surface area contributed by atoms with Crippen LogP contribution in [0.3, 0.4) is 0 Å². The molecule has 346 valence electrons. The van der Waals surface area contributed by atoms with Crippen LogP contribution in [0, 0.1) is 5.92 Å². The van der Waals surface area contributed by atoms with Crippen molar-refractivity contribution in [2.75, 3.05) is 34.5 Å². The molecule has 0 radical (unpaired) electrons. The third-order valence-corrected chi connectivity index (χ3v) is 13.2. The van der Waals surface area contributed by atoms with Crippen LogP contribution < -0.4 is 16.3 Å². The number of H-pyrrole nitrogens is 2. The Morgan fingerprint density at radius 2 is 1.64 bits per heavy atom. The van der Waals surface area contributed by atoms with Crippen molar-refractivity contribution in [2.45, 2.75) is 69.7 Å². The fourth-order valence-corrected chi connectivity index (χ4v) is 9.82. The molecule has 2 aliphatic rings. The van der Waals surface area contributed by atoms with E-state index in [1.54, 1.807) is 60.4 Å². The molecule has 2 aliphatic heterocycles. The van der Waals surface area contributed by atoms with E-state index in [4.69, 9.17) is 28.6 Å². The Morgan fingerprint density at radius 3 is 2.39 bits per heavy atom. The maximum Gasteiger partial charge on any atom is 0.407 e. The Hall–Kier alpha value is -7.53. The smallest absolute Gasteiger partial charge is 0.407 e. The number of methoxy groups -OCH3 is 3. The number of aromatic nitrogens is 4. The highest BCUT2D eigenvalue weighted by molar-refractivity contribution is 6.14. The molecule has 0 aliphatic carbocycles. The molecule has 0 saturated carbocycles. The van der Waals surface area contributed by atoms with Crippen LogP contribution in [0.25, 0.3) is 54.8 Å². The summed E-state index contributed by atoms with van der Waals surface area (Å²) in [5, 5.41) is 8.79. The summed E-state index contributed by atoms with van der Waals surface area (Å²) in [4.78, 5) is 86.8. The summed E-state index contributed by atoms with van der Waals surface area (Å²) in [5.74, 6) is 0.606. The first-order valence-electron chi connectivity index (χ1n) is 22.3. The highest BCUT2D eigenvalue weighted by atomic mass is 16.5. The average molecular weight is 909 g/mol. The Labute approximate surface area is 384 Å². The number of carbonyl (C=O) groups is 4. The van der Waals surface area contributed by atoms with Gasteiger partial charge in [0.15, 0.2) is 0 Å². The van der Waals surface area contributed by atoms with Crippen LogP contribution in [0.2, 0.25) is 0 Å². The second-order valence-electron chi connectivity index (χ2n) is 17.3. The van der Waals surface area contributed by atoms with Crippen molar-refractivity contribution in [3.05, 3.63) is 119 Å². The van der Waals surface area contributed by atoms with Crippen LogP contribution in [-0.2, 0) is 23.8 Å². The van der Waals surface area contributed by atoms with E-state index < -0.39 is 42.0 Å². The van der Waals surface area contributed by atoms with E-state index >= 15 is 0 Å². The highest BCUT2D eigenvalue weighted by Crippen LogP contribution is 2.41. The van der Waals surface area contributed by atoms with E-state index in [0.717, 1.165) is 27.2 Å². The van der Waals surface area contributed by atoms with Crippen molar-refractivity contribution >= 4 is 67.5 Å². The number of fused-ring (bicyclic) bond motifs is 6. The monoisotopic (exact) mass is 908 g/mol. The zero-order valence-corrected chi connectivity index (χ0v) is 37.9. The van der Waals surface area contributed by atoms with Crippen LogP contribution >= 0.6 is 0 Å². The minimum atomic E-state index is -0.992. The van der Waals surface area contributed by atoms with E-state index in [0.29, 0.717) is 89.2 Å². The van der Waals surface area contributed by atoms with Gasteiger partial charge in [0.25, 0.3) is 5.91 Å². The van der Waals surface area contributed by atoms with E-state index in [9.17, 15) is 24.0 Å². The van der Waals surface area contributed by atoms with Gasteiger partial charge in [0.2, 0.25) is 5.91 Å².